The maximum Gasteiger partial charge on any atom is 0.441 e. The summed E-state index contributed by atoms with van der Waals surface area (Å²) < 4.78 is 133. The van der Waals surface area contributed by atoms with Crippen LogP contribution < -0.4 is 0 Å². The monoisotopic (exact) mass is 1610 g/mol. The Hall–Kier alpha value is -5.30. The quantitative estimate of drug-likeness (QED) is 0.0163. The fourth-order valence-electron chi connectivity index (χ4n) is 16.8. The van der Waals surface area contributed by atoms with Crippen LogP contribution in [-0.2, 0) is 81.1 Å². The highest BCUT2D eigenvalue weighted by atomic mass is 32.2. The van der Waals surface area contributed by atoms with Crippen LogP contribution in [0, 0.1) is 62.6 Å². The van der Waals surface area contributed by atoms with Crippen molar-refractivity contribution < 1.29 is 106 Å². The van der Waals surface area contributed by atoms with E-state index in [0.717, 1.165) is 152 Å². The number of carbonyl (C=O) groups is 7. The number of hydrogen-bond donors (Lipinski definition) is 1. The second-order valence-electron chi connectivity index (χ2n) is 36.8. The van der Waals surface area contributed by atoms with E-state index in [0.29, 0.717) is 69.0 Å². The molecule has 1 aliphatic heterocycles. The van der Waals surface area contributed by atoms with Crippen molar-refractivity contribution in [2.24, 2.45) is 67.7 Å². The van der Waals surface area contributed by atoms with Gasteiger partial charge < -0.3 is 38.3 Å². The minimum atomic E-state index is -6.17. The second-order valence-corrected chi connectivity index (χ2v) is 38.4. The van der Waals surface area contributed by atoms with Crippen LogP contribution in [0.15, 0.2) is 35.5 Å². The lowest BCUT2D eigenvalue weighted by Crippen LogP contribution is -2.61. The molecular weight excluding hydrogens is 1470 g/mol. The average Bonchev–Trinajstić information content (AvgIpc) is 0.738. The minimum absolute atomic E-state index is 0.0150. The number of alkyl halides is 5. The molecule has 0 radical (unpaired) electrons. The number of cyclic esters (lactones) is 1. The first-order chi connectivity index (χ1) is 52.2. The Morgan fingerprint density at radius 3 is 1.41 bits per heavy atom. The van der Waals surface area contributed by atoms with Crippen LogP contribution in [0.5, 0.6) is 0 Å². The molecule has 9 saturated carbocycles. The zero-order valence-corrected chi connectivity index (χ0v) is 71.7. The summed E-state index contributed by atoms with van der Waals surface area (Å²) in [5.74, 6) is 1.08. The van der Waals surface area contributed by atoms with Gasteiger partial charge in [0.2, 0.25) is 11.9 Å². The summed E-state index contributed by atoms with van der Waals surface area (Å²) in [6, 6.07) is 5.63. The lowest BCUT2D eigenvalue weighted by atomic mass is 9.49. The zero-order chi connectivity index (χ0) is 84.0. The standard InChI is InChI=1S/C29H42F5NO7S.C18H30O2.C16H26O3.C14H26O2.C10H16O4/c1-4-27(2,3)26(37)41-21-17-12-10-8-6-5-7-9-11-16-20-40-22-24(36)29(33,34)43(38,39)42-35-25(28(30,31)32)23-18-14-13-15-19-23;1-5-17(3,4)16(19)20-18(6-2)14-8-12-7-13(10-14)11-15(18)9-12;1-4-14(2,3)13(17)19-16-8-11-5-12(9-16)7-15(18,6-11)10-16;1-5-13(3,4)12(15)16-14(6-2)10-8-7-9-11-14;1-4-10(2,3)9(12)14-7-5-6-13-8(7)11/h13-15,18-19H,4-12,16-17,20-22H2,1-3H3;12-15H,5-11H2,1-4H3;11-12,18H,4-10H2,1-3H3;5-11H2,1-4H3;7H,4-6H2,1-3H3/b35-25+;;;;. The maximum absolute atomic E-state index is 14.2. The Morgan fingerprint density at radius 2 is 0.973 bits per heavy atom. The van der Waals surface area contributed by atoms with E-state index in [-0.39, 0.29) is 64.1 Å². The Morgan fingerprint density at radius 1 is 0.536 bits per heavy atom. The van der Waals surface area contributed by atoms with Crippen molar-refractivity contribution in [3.05, 3.63) is 35.9 Å². The molecule has 0 aromatic heterocycles. The minimum Gasteiger partial charge on any atom is -0.465 e. The van der Waals surface area contributed by atoms with Gasteiger partial charge in [0, 0.05) is 25.0 Å². The summed E-state index contributed by atoms with van der Waals surface area (Å²) in [6.07, 6.45) is 27.5. The van der Waals surface area contributed by atoms with E-state index in [1.165, 1.54) is 76.0 Å². The van der Waals surface area contributed by atoms with Gasteiger partial charge in [-0.3, -0.25) is 33.1 Å². The summed E-state index contributed by atoms with van der Waals surface area (Å²) in [5, 5.41) is 7.87. The van der Waals surface area contributed by atoms with E-state index in [1.54, 1.807) is 13.8 Å². The van der Waals surface area contributed by atoms with Crippen LogP contribution in [0.25, 0.3) is 0 Å². The number of nitrogens with zero attached hydrogens (tertiary/aromatic N) is 1. The van der Waals surface area contributed by atoms with Gasteiger partial charge in [-0.1, -0.05) is 142 Å². The van der Waals surface area contributed by atoms with Gasteiger partial charge in [-0.25, -0.2) is 4.79 Å². The molecule has 1 heterocycles. The van der Waals surface area contributed by atoms with Crippen LogP contribution >= 0.6 is 0 Å². The second kappa shape index (κ2) is 41.7. The molecule has 1 saturated heterocycles. The predicted octanol–water partition coefficient (Wildman–Crippen LogP) is 20.3. The number of Topliss-reactive ketones (excluding diaryl/α,β-unsaturated/α-hetero) is 1. The molecule has 25 heteroatoms. The molecule has 642 valence electrons. The van der Waals surface area contributed by atoms with Crippen LogP contribution in [0.1, 0.15) is 342 Å². The molecule has 8 bridgehead atoms. The smallest absolute Gasteiger partial charge is 0.441 e. The molecule has 10 aliphatic rings. The van der Waals surface area contributed by atoms with Gasteiger partial charge in [0.1, 0.15) is 23.4 Å². The van der Waals surface area contributed by atoms with Crippen molar-refractivity contribution >= 4 is 57.4 Å². The molecule has 10 fully saturated rings. The highest BCUT2D eigenvalue weighted by molar-refractivity contribution is 7.88. The molecule has 3 unspecified atom stereocenters. The highest BCUT2D eigenvalue weighted by Gasteiger charge is 2.62. The summed E-state index contributed by atoms with van der Waals surface area (Å²) in [4.78, 5) is 83.4. The van der Waals surface area contributed by atoms with Crippen LogP contribution in [0.3, 0.4) is 0 Å². The third-order valence-corrected chi connectivity index (χ3v) is 27.1. The molecule has 9 aliphatic carbocycles. The molecule has 112 heavy (non-hydrogen) atoms. The molecular formula is C87H140F5NO18S. The third kappa shape index (κ3) is 27.1. The Labute approximate surface area is 666 Å². The van der Waals surface area contributed by atoms with Gasteiger partial charge in [0.25, 0.3) is 0 Å². The summed E-state index contributed by atoms with van der Waals surface area (Å²) >= 11 is 0. The Bertz CT molecular complexity index is 3300. The first-order valence-corrected chi connectivity index (χ1v) is 43.7. The van der Waals surface area contributed by atoms with Crippen molar-refractivity contribution in [2.45, 2.75) is 376 Å². The first kappa shape index (κ1) is 97.3. The van der Waals surface area contributed by atoms with Gasteiger partial charge >= 0.3 is 57.4 Å². The Balaban J connectivity index is 0.000000270. The fourth-order valence-corrected chi connectivity index (χ4v) is 17.4. The summed E-state index contributed by atoms with van der Waals surface area (Å²) in [6.45, 7) is 33.0. The number of rotatable bonds is 36. The van der Waals surface area contributed by atoms with Gasteiger partial charge in [0.15, 0.2) is 5.71 Å². The molecule has 3 atom stereocenters. The SMILES string of the molecule is CCC(C)(C)C(=O)OC1(CC)C2CC3CC(C2)CC1C3.CCC(C)(C)C(=O)OC12CC3CC(CC(O)(C3)C1)C2.CCC(C)(C)C(=O)OC1CCOC1=O.CCC(C)(C)C(=O)OCCCCCCCCCCCCOCC(=O)C(F)(F)S(=O)(=O)O/N=C(\c1ccccc1)C(F)(F)F.CCC1(OC(=O)C(C)(C)CC)CCCCC1. The average molecular weight is 1620 g/mol. The molecule has 19 nitrogen and oxygen atoms in total. The van der Waals surface area contributed by atoms with E-state index in [2.05, 4.69) is 30.2 Å². The van der Waals surface area contributed by atoms with Crippen molar-refractivity contribution in [1.82, 2.24) is 0 Å². The molecule has 1 N–H and O–H groups in total. The summed E-state index contributed by atoms with van der Waals surface area (Å²) in [5.41, 5.74) is -5.73. The van der Waals surface area contributed by atoms with Crippen LogP contribution in [0.2, 0.25) is 0 Å². The van der Waals surface area contributed by atoms with Crippen molar-refractivity contribution in [2.75, 3.05) is 26.4 Å². The molecule has 11 rings (SSSR count). The van der Waals surface area contributed by atoms with Crippen molar-refractivity contribution in [3.63, 3.8) is 0 Å². The topological polar surface area (TPSA) is 260 Å². The highest BCUT2D eigenvalue weighted by Crippen LogP contribution is 2.62. The van der Waals surface area contributed by atoms with Gasteiger partial charge in [-0.15, -0.1) is 0 Å². The largest absolute Gasteiger partial charge is 0.465 e. The van der Waals surface area contributed by atoms with E-state index in [9.17, 15) is 69.0 Å². The van der Waals surface area contributed by atoms with E-state index >= 15 is 0 Å². The van der Waals surface area contributed by atoms with Crippen LogP contribution in [-0.4, -0.2) is 127 Å². The first-order valence-electron chi connectivity index (χ1n) is 42.3. The molecule has 1 aromatic carbocycles. The number of oxime groups is 1. The number of esters is 6. The van der Waals surface area contributed by atoms with Gasteiger partial charge in [-0.05, 0) is 252 Å². The lowest BCUT2D eigenvalue weighted by molar-refractivity contribution is -0.225. The normalized spacial score (nSPS) is 25.9. The number of ether oxygens (including phenoxy) is 7. The van der Waals surface area contributed by atoms with Crippen molar-refractivity contribution in [1.29, 1.82) is 0 Å². The maximum atomic E-state index is 14.2. The van der Waals surface area contributed by atoms with Gasteiger partial charge in [0.05, 0.1) is 45.9 Å². The lowest BCUT2D eigenvalue weighted by Gasteiger charge is -2.60. The zero-order valence-electron chi connectivity index (χ0n) is 70.9. The molecule has 1 aromatic rings. The number of ketones is 1. The van der Waals surface area contributed by atoms with Gasteiger partial charge in [-0.2, -0.15) is 30.4 Å². The number of benzene rings is 1. The predicted molar refractivity (Wildman–Crippen MR) is 420 cm³/mol. The molecule has 0 spiro atoms. The van der Waals surface area contributed by atoms with E-state index in [4.69, 9.17) is 33.2 Å². The number of unbranched alkanes of at least 4 members (excludes halogenated alkanes) is 9. The number of aliphatic hydroxyl groups is 1. The third-order valence-electron chi connectivity index (χ3n) is 26.0. The number of halogens is 5. The Kier molecular flexibility index (Phi) is 36.2. The van der Waals surface area contributed by atoms with Crippen LogP contribution in [0.4, 0.5) is 22.0 Å². The fraction of sp³-hybridized carbons (Fsp3) is 0.839. The van der Waals surface area contributed by atoms with Crippen molar-refractivity contribution in [3.8, 4) is 0 Å². The molecule has 0 amide bonds. The van der Waals surface area contributed by atoms with E-state index < -0.39 is 79.1 Å². The number of carbonyl (C=O) groups excluding carboxylic acids is 7. The number of hydrogen-bond acceptors (Lipinski definition) is 19. The summed E-state index contributed by atoms with van der Waals surface area (Å²) in [7, 11) is -6.17. The van der Waals surface area contributed by atoms with E-state index in [1.807, 2.05) is 83.1 Å².